The number of para-hydroxylation sites is 1. The minimum Gasteiger partial charge on any atom is -0.478 e. The van der Waals surface area contributed by atoms with E-state index in [2.05, 4.69) is 48.7 Å². The lowest BCUT2D eigenvalue weighted by atomic mass is 9.83. The Morgan fingerprint density at radius 2 is 1.93 bits per heavy atom. The van der Waals surface area contributed by atoms with Crippen LogP contribution in [0.3, 0.4) is 0 Å². The molecule has 0 saturated heterocycles. The molecule has 1 unspecified atom stereocenters. The van der Waals surface area contributed by atoms with Crippen LogP contribution in [0.25, 0.3) is 10.9 Å². The highest BCUT2D eigenvalue weighted by Crippen LogP contribution is 2.38. The van der Waals surface area contributed by atoms with Crippen molar-refractivity contribution >= 4 is 16.9 Å². The topological polar surface area (TPSA) is 42.2 Å². The van der Waals surface area contributed by atoms with E-state index >= 15 is 0 Å². The summed E-state index contributed by atoms with van der Waals surface area (Å²) in [7, 11) is 0. The molecular weight excluding hydrogens is 370 g/mol. The molecule has 1 heterocycles. The van der Waals surface area contributed by atoms with Gasteiger partial charge in [-0.2, -0.15) is 0 Å². The van der Waals surface area contributed by atoms with E-state index in [4.69, 9.17) is 0 Å². The van der Waals surface area contributed by atoms with Crippen LogP contribution in [0.1, 0.15) is 78.2 Å². The number of fused-ring (bicyclic) bond motifs is 3. The van der Waals surface area contributed by atoms with Gasteiger partial charge in [0.1, 0.15) is 0 Å². The van der Waals surface area contributed by atoms with Crippen LogP contribution in [0.5, 0.6) is 0 Å². The fourth-order valence-corrected chi connectivity index (χ4v) is 5.18. The first kappa shape index (κ1) is 20.7. The minimum atomic E-state index is -0.836. The SMILES string of the molecule is CCCCCCC1CCc2c(n(Cc3ccccc3C)c3c(C(=O)O)cccc23)C1. The van der Waals surface area contributed by atoms with Crippen molar-refractivity contribution in [1.82, 2.24) is 4.57 Å². The smallest absolute Gasteiger partial charge is 0.337 e. The third kappa shape index (κ3) is 4.03. The molecule has 1 N–H and O–H groups in total. The number of carbonyl (C=O) groups is 1. The number of hydrogen-bond acceptors (Lipinski definition) is 1. The lowest BCUT2D eigenvalue weighted by Gasteiger charge is -2.25. The van der Waals surface area contributed by atoms with Crippen LogP contribution in [-0.4, -0.2) is 15.6 Å². The van der Waals surface area contributed by atoms with Gasteiger partial charge in [-0.3, -0.25) is 0 Å². The molecule has 0 spiro atoms. The number of hydrogen-bond donors (Lipinski definition) is 1. The Labute approximate surface area is 179 Å². The van der Waals surface area contributed by atoms with Crippen LogP contribution in [0.4, 0.5) is 0 Å². The number of aromatic nitrogens is 1. The molecule has 0 radical (unpaired) electrons. The highest BCUT2D eigenvalue weighted by Gasteiger charge is 2.27. The van der Waals surface area contributed by atoms with Gasteiger partial charge >= 0.3 is 5.97 Å². The van der Waals surface area contributed by atoms with Crippen molar-refractivity contribution in [2.45, 2.75) is 71.8 Å². The van der Waals surface area contributed by atoms with Crippen LogP contribution in [0, 0.1) is 12.8 Å². The normalized spacial score (nSPS) is 16.0. The monoisotopic (exact) mass is 403 g/mol. The summed E-state index contributed by atoms with van der Waals surface area (Å²) < 4.78 is 2.33. The fourth-order valence-electron chi connectivity index (χ4n) is 5.18. The van der Waals surface area contributed by atoms with E-state index in [-0.39, 0.29) is 0 Å². The maximum atomic E-state index is 12.1. The lowest BCUT2D eigenvalue weighted by Crippen LogP contribution is -2.18. The molecule has 0 saturated carbocycles. The van der Waals surface area contributed by atoms with Gasteiger partial charge in [-0.05, 0) is 54.9 Å². The largest absolute Gasteiger partial charge is 0.478 e. The molecule has 1 aromatic heterocycles. The Morgan fingerprint density at radius 1 is 1.10 bits per heavy atom. The standard InChI is InChI=1S/C27H33NO2/c1-3-4-5-6-11-20-15-16-22-23-13-9-14-24(27(29)30)26(23)28(25(22)17-20)18-21-12-8-7-10-19(21)2/h7-10,12-14,20H,3-6,11,15-18H2,1-2H3,(H,29,30). The summed E-state index contributed by atoms with van der Waals surface area (Å²) in [5.74, 6) is -0.125. The van der Waals surface area contributed by atoms with Crippen LogP contribution >= 0.6 is 0 Å². The van der Waals surface area contributed by atoms with Gasteiger partial charge < -0.3 is 9.67 Å². The quantitative estimate of drug-likeness (QED) is 0.422. The van der Waals surface area contributed by atoms with Crippen molar-refractivity contribution in [2.75, 3.05) is 0 Å². The number of nitrogens with zero attached hydrogens (tertiary/aromatic N) is 1. The average Bonchev–Trinajstić information content (AvgIpc) is 3.06. The van der Waals surface area contributed by atoms with E-state index in [1.165, 1.54) is 60.9 Å². The highest BCUT2D eigenvalue weighted by atomic mass is 16.4. The Morgan fingerprint density at radius 3 is 2.70 bits per heavy atom. The van der Waals surface area contributed by atoms with Gasteiger partial charge in [-0.1, -0.05) is 75.4 Å². The average molecular weight is 404 g/mol. The van der Waals surface area contributed by atoms with Crippen LogP contribution < -0.4 is 0 Å². The Hall–Kier alpha value is -2.55. The van der Waals surface area contributed by atoms with Crippen molar-refractivity contribution in [3.8, 4) is 0 Å². The van der Waals surface area contributed by atoms with E-state index in [0.717, 1.165) is 30.3 Å². The summed E-state index contributed by atoms with van der Waals surface area (Å²) in [5, 5.41) is 11.0. The number of aromatic carboxylic acids is 1. The first-order chi connectivity index (χ1) is 14.6. The zero-order valence-corrected chi connectivity index (χ0v) is 18.3. The molecule has 3 aromatic rings. The first-order valence-electron chi connectivity index (χ1n) is 11.5. The third-order valence-corrected chi connectivity index (χ3v) is 6.88. The summed E-state index contributed by atoms with van der Waals surface area (Å²) in [5.41, 5.74) is 6.61. The zero-order valence-electron chi connectivity index (χ0n) is 18.3. The third-order valence-electron chi connectivity index (χ3n) is 6.88. The molecule has 0 bridgehead atoms. The van der Waals surface area contributed by atoms with Crippen molar-refractivity contribution in [3.05, 3.63) is 70.4 Å². The number of carboxylic acids is 1. The molecule has 158 valence electrons. The summed E-state index contributed by atoms with van der Waals surface area (Å²) >= 11 is 0. The predicted octanol–water partition coefficient (Wildman–Crippen LogP) is 6.77. The summed E-state index contributed by atoms with van der Waals surface area (Å²) in [4.78, 5) is 12.1. The van der Waals surface area contributed by atoms with Gasteiger partial charge in [0.25, 0.3) is 0 Å². The first-order valence-corrected chi connectivity index (χ1v) is 11.5. The van der Waals surface area contributed by atoms with Crippen molar-refractivity contribution in [2.24, 2.45) is 5.92 Å². The van der Waals surface area contributed by atoms with Crippen molar-refractivity contribution in [3.63, 3.8) is 0 Å². The van der Waals surface area contributed by atoms with Gasteiger partial charge in [-0.25, -0.2) is 4.79 Å². The van der Waals surface area contributed by atoms with Crippen molar-refractivity contribution in [1.29, 1.82) is 0 Å². The molecule has 0 fully saturated rings. The summed E-state index contributed by atoms with van der Waals surface area (Å²) in [6.07, 6.45) is 9.89. The molecular formula is C27H33NO2. The Kier molecular flexibility index (Phi) is 6.26. The maximum Gasteiger partial charge on any atom is 0.337 e. The van der Waals surface area contributed by atoms with Gasteiger partial charge in [-0.15, -0.1) is 0 Å². The number of unbranched alkanes of at least 4 members (excludes halogenated alkanes) is 3. The number of carboxylic acid groups (broad SMARTS) is 1. The molecule has 2 aromatic carbocycles. The molecule has 3 nitrogen and oxygen atoms in total. The lowest BCUT2D eigenvalue weighted by molar-refractivity contribution is 0.0698. The Balaban J connectivity index is 1.76. The second-order valence-electron chi connectivity index (χ2n) is 8.90. The van der Waals surface area contributed by atoms with Gasteiger partial charge in [0.15, 0.2) is 0 Å². The molecule has 3 heteroatoms. The van der Waals surface area contributed by atoms with Gasteiger partial charge in [0, 0.05) is 17.6 Å². The maximum absolute atomic E-state index is 12.1. The number of aryl methyl sites for hydroxylation is 2. The molecule has 0 amide bonds. The van der Waals surface area contributed by atoms with E-state index in [1.54, 1.807) is 6.07 Å². The minimum absolute atomic E-state index is 0.426. The van der Waals surface area contributed by atoms with Crippen LogP contribution in [0.2, 0.25) is 0 Å². The summed E-state index contributed by atoms with van der Waals surface area (Å²) in [6, 6.07) is 14.2. The summed E-state index contributed by atoms with van der Waals surface area (Å²) in [6.45, 7) is 5.14. The van der Waals surface area contributed by atoms with Gasteiger partial charge in [0.05, 0.1) is 11.1 Å². The molecule has 1 atom stereocenters. The van der Waals surface area contributed by atoms with E-state index in [9.17, 15) is 9.90 Å². The molecule has 1 aliphatic rings. The van der Waals surface area contributed by atoms with Gasteiger partial charge in [0.2, 0.25) is 0 Å². The van der Waals surface area contributed by atoms with E-state index in [0.29, 0.717) is 11.5 Å². The Bertz CT molecular complexity index is 1050. The number of rotatable bonds is 8. The second kappa shape index (κ2) is 9.07. The van der Waals surface area contributed by atoms with Crippen molar-refractivity contribution < 1.29 is 9.90 Å². The van der Waals surface area contributed by atoms with Crippen LogP contribution in [-0.2, 0) is 19.4 Å². The molecule has 30 heavy (non-hydrogen) atoms. The molecule has 4 rings (SSSR count). The van der Waals surface area contributed by atoms with Crippen LogP contribution in [0.15, 0.2) is 42.5 Å². The van der Waals surface area contributed by atoms with E-state index < -0.39 is 5.97 Å². The molecule has 0 aliphatic heterocycles. The predicted molar refractivity (Wildman–Crippen MR) is 123 cm³/mol. The molecule has 1 aliphatic carbocycles. The van der Waals surface area contributed by atoms with E-state index in [1.807, 2.05) is 6.07 Å². The highest BCUT2D eigenvalue weighted by molar-refractivity contribution is 6.04. The second-order valence-corrected chi connectivity index (χ2v) is 8.90. The zero-order chi connectivity index (χ0) is 21.1. The fraction of sp³-hybridized carbons (Fsp3) is 0.444. The number of benzene rings is 2.